The van der Waals surface area contributed by atoms with E-state index in [1.165, 1.54) is 6.08 Å². The summed E-state index contributed by atoms with van der Waals surface area (Å²) in [6, 6.07) is 18.4. The third kappa shape index (κ3) is 2.46. The van der Waals surface area contributed by atoms with Crippen molar-refractivity contribution in [3.63, 3.8) is 0 Å². The molecule has 0 bridgehead atoms. The largest absolute Gasteiger partial charge is 0.453 e. The minimum absolute atomic E-state index is 0.101. The Morgan fingerprint density at radius 3 is 2.10 bits per heavy atom. The monoisotopic (exact) mass is 391 g/mol. The fourth-order valence-electron chi connectivity index (χ4n) is 3.86. The first-order valence-electron chi connectivity index (χ1n) is 9.45. The van der Waals surface area contributed by atoms with Gasteiger partial charge in [0, 0.05) is 41.2 Å². The van der Waals surface area contributed by atoms with Crippen molar-refractivity contribution in [2.45, 2.75) is 0 Å². The molecular formula is C25H13NO4. The van der Waals surface area contributed by atoms with E-state index in [1.54, 1.807) is 36.7 Å². The Balaban J connectivity index is 1.39. The van der Waals surface area contributed by atoms with Crippen LogP contribution in [0.1, 0.15) is 26.5 Å². The maximum Gasteiger partial charge on any atom is 0.197 e. The first-order chi connectivity index (χ1) is 14.7. The van der Waals surface area contributed by atoms with Crippen LogP contribution in [-0.4, -0.2) is 16.6 Å². The van der Waals surface area contributed by atoms with Gasteiger partial charge in [0.15, 0.2) is 22.7 Å². The minimum atomic E-state index is -0.287. The Morgan fingerprint density at radius 2 is 1.47 bits per heavy atom. The number of Topliss-reactive ketones (excluding diaryl/α,β-unsaturated/α-hetero) is 2. The van der Waals surface area contributed by atoms with Crippen LogP contribution in [0.2, 0.25) is 0 Å². The van der Waals surface area contributed by atoms with E-state index >= 15 is 0 Å². The lowest BCUT2D eigenvalue weighted by Crippen LogP contribution is -1.99. The highest BCUT2D eigenvalue weighted by atomic mass is 16.4. The molecule has 1 aliphatic carbocycles. The Kier molecular flexibility index (Phi) is 3.40. The van der Waals surface area contributed by atoms with Gasteiger partial charge in [-0.15, -0.1) is 0 Å². The second-order valence-electron chi connectivity index (χ2n) is 7.19. The number of benzene rings is 2. The zero-order valence-corrected chi connectivity index (χ0v) is 15.6. The molecular weight excluding hydrogens is 378 g/mol. The molecule has 2 aromatic carbocycles. The zero-order valence-electron chi connectivity index (χ0n) is 15.6. The summed E-state index contributed by atoms with van der Waals surface area (Å²) in [5.41, 5.74) is 2.89. The first kappa shape index (κ1) is 16.7. The number of aromatic nitrogens is 1. The molecule has 142 valence electrons. The zero-order chi connectivity index (χ0) is 20.2. The van der Waals surface area contributed by atoms with Gasteiger partial charge in [0.2, 0.25) is 0 Å². The fourth-order valence-corrected chi connectivity index (χ4v) is 3.86. The van der Waals surface area contributed by atoms with Crippen LogP contribution < -0.4 is 0 Å². The summed E-state index contributed by atoms with van der Waals surface area (Å²) in [7, 11) is 0. The van der Waals surface area contributed by atoms with Gasteiger partial charge in [0.25, 0.3) is 0 Å². The molecule has 5 aromatic rings. The van der Waals surface area contributed by atoms with Crippen LogP contribution in [0.25, 0.3) is 39.3 Å². The van der Waals surface area contributed by atoms with Gasteiger partial charge < -0.3 is 8.83 Å². The minimum Gasteiger partial charge on any atom is -0.453 e. The molecule has 0 saturated heterocycles. The molecule has 3 heterocycles. The predicted molar refractivity (Wildman–Crippen MR) is 112 cm³/mol. The molecule has 0 unspecified atom stereocenters. The molecule has 3 aromatic heterocycles. The van der Waals surface area contributed by atoms with E-state index in [1.807, 2.05) is 36.4 Å². The highest BCUT2D eigenvalue weighted by molar-refractivity contribution is 6.42. The number of hydrogen-bond donors (Lipinski definition) is 0. The van der Waals surface area contributed by atoms with Gasteiger partial charge in [-0.25, -0.2) is 0 Å². The number of rotatable bonds is 2. The molecule has 0 saturated carbocycles. The summed E-state index contributed by atoms with van der Waals surface area (Å²) < 4.78 is 11.6. The normalized spacial score (nSPS) is 13.4. The molecule has 0 atom stereocenters. The van der Waals surface area contributed by atoms with Crippen molar-refractivity contribution in [2.75, 3.05) is 0 Å². The Hall–Kier alpha value is -4.25. The maximum atomic E-state index is 12.9. The van der Waals surface area contributed by atoms with Crippen LogP contribution in [0.15, 0.2) is 87.5 Å². The predicted octanol–water partition coefficient (Wildman–Crippen LogP) is 5.70. The smallest absolute Gasteiger partial charge is 0.197 e. The second kappa shape index (κ2) is 6.12. The summed E-state index contributed by atoms with van der Waals surface area (Å²) in [5, 5.41) is 1.86. The average molecular weight is 391 g/mol. The van der Waals surface area contributed by atoms with Gasteiger partial charge in [0.1, 0.15) is 11.5 Å². The molecule has 0 radical (unpaired) electrons. The number of carbonyl (C=O) groups excluding carboxylic acids is 2. The van der Waals surface area contributed by atoms with E-state index in [9.17, 15) is 9.59 Å². The molecule has 1 aliphatic rings. The van der Waals surface area contributed by atoms with Crippen LogP contribution in [0.3, 0.4) is 0 Å². The fraction of sp³-hybridized carbons (Fsp3) is 0. The van der Waals surface area contributed by atoms with E-state index in [-0.39, 0.29) is 17.1 Å². The highest BCUT2D eigenvalue weighted by Crippen LogP contribution is 2.34. The van der Waals surface area contributed by atoms with Crippen LogP contribution in [0, 0.1) is 0 Å². The van der Waals surface area contributed by atoms with E-state index < -0.39 is 0 Å². The quantitative estimate of drug-likeness (QED) is 0.285. The molecule has 30 heavy (non-hydrogen) atoms. The van der Waals surface area contributed by atoms with Gasteiger partial charge in [-0.1, -0.05) is 24.3 Å². The van der Waals surface area contributed by atoms with Gasteiger partial charge in [-0.05, 0) is 41.1 Å². The maximum absolute atomic E-state index is 12.9. The summed E-state index contributed by atoms with van der Waals surface area (Å²) in [6.45, 7) is 0. The molecule has 0 spiro atoms. The molecule has 0 N–H and O–H groups in total. The lowest BCUT2D eigenvalue weighted by atomic mass is 10.0. The standard InChI is InChI=1S/C25H13NO4/c27-24-18-8-14-4-1-2-5-15(14)9-19(18)25(28)20(24)10-17-11-22-23(29-17)12-21(30-22)16-6-3-7-26-13-16/h1-13H. The van der Waals surface area contributed by atoms with Crippen molar-refractivity contribution in [3.8, 4) is 11.3 Å². The van der Waals surface area contributed by atoms with Crippen LogP contribution in [-0.2, 0) is 0 Å². The van der Waals surface area contributed by atoms with Crippen molar-refractivity contribution in [3.05, 3.63) is 95.5 Å². The Labute approximate surface area is 170 Å². The number of fused-ring (bicyclic) bond motifs is 3. The van der Waals surface area contributed by atoms with Gasteiger partial charge in [0.05, 0.1) is 5.57 Å². The third-order valence-corrected chi connectivity index (χ3v) is 5.32. The lowest BCUT2D eigenvalue weighted by molar-refractivity contribution is 0.0990. The van der Waals surface area contributed by atoms with Crippen molar-refractivity contribution in [2.24, 2.45) is 0 Å². The molecule has 6 rings (SSSR count). The second-order valence-corrected chi connectivity index (χ2v) is 7.19. The number of hydrogen-bond acceptors (Lipinski definition) is 5. The van der Waals surface area contributed by atoms with E-state index in [2.05, 4.69) is 4.98 Å². The molecule has 0 fully saturated rings. The molecule has 5 heteroatoms. The van der Waals surface area contributed by atoms with E-state index in [0.29, 0.717) is 33.8 Å². The van der Waals surface area contributed by atoms with Gasteiger partial charge in [-0.3, -0.25) is 14.6 Å². The van der Waals surface area contributed by atoms with Gasteiger partial charge in [-0.2, -0.15) is 0 Å². The SMILES string of the molecule is O=C1C(=Cc2cc3oc(-c4cccnc4)cc3o2)C(=O)c2cc3ccccc3cc21. The topological polar surface area (TPSA) is 73.3 Å². The Morgan fingerprint density at radius 1 is 0.767 bits per heavy atom. The van der Waals surface area contributed by atoms with Crippen LogP contribution in [0.5, 0.6) is 0 Å². The molecule has 0 aliphatic heterocycles. The number of nitrogens with zero attached hydrogens (tertiary/aromatic N) is 1. The summed E-state index contributed by atoms with van der Waals surface area (Å²) in [4.78, 5) is 29.9. The number of allylic oxidation sites excluding steroid dienone is 1. The lowest BCUT2D eigenvalue weighted by Gasteiger charge is -2.00. The summed E-state index contributed by atoms with van der Waals surface area (Å²) in [6.07, 6.45) is 4.89. The number of ketones is 2. The van der Waals surface area contributed by atoms with Crippen molar-refractivity contribution in [1.82, 2.24) is 4.98 Å². The van der Waals surface area contributed by atoms with E-state index in [0.717, 1.165) is 16.3 Å². The summed E-state index contributed by atoms with van der Waals surface area (Å²) >= 11 is 0. The molecule has 5 nitrogen and oxygen atoms in total. The third-order valence-electron chi connectivity index (χ3n) is 5.32. The highest BCUT2D eigenvalue weighted by Gasteiger charge is 2.33. The van der Waals surface area contributed by atoms with E-state index in [4.69, 9.17) is 8.83 Å². The first-order valence-corrected chi connectivity index (χ1v) is 9.45. The average Bonchev–Trinajstić information content (AvgIpc) is 3.41. The van der Waals surface area contributed by atoms with Crippen LogP contribution >= 0.6 is 0 Å². The van der Waals surface area contributed by atoms with Crippen molar-refractivity contribution in [1.29, 1.82) is 0 Å². The number of pyridine rings is 1. The number of carbonyl (C=O) groups is 2. The molecule has 0 amide bonds. The van der Waals surface area contributed by atoms with Crippen molar-refractivity contribution >= 4 is 39.6 Å². The van der Waals surface area contributed by atoms with Gasteiger partial charge >= 0.3 is 0 Å². The van der Waals surface area contributed by atoms with Crippen LogP contribution in [0.4, 0.5) is 0 Å². The van der Waals surface area contributed by atoms with Crippen molar-refractivity contribution < 1.29 is 18.4 Å². The summed E-state index contributed by atoms with van der Waals surface area (Å²) in [5.74, 6) is 0.466. The number of furan rings is 2. The Bertz CT molecular complexity index is 1430.